The molecule has 0 aliphatic heterocycles. The fraction of sp³-hybridized carbons (Fsp3) is 1.00. The van der Waals surface area contributed by atoms with E-state index in [1.165, 1.54) is 25.7 Å². The molecule has 0 spiro atoms. The Bertz CT molecular complexity index is 138. The van der Waals surface area contributed by atoms with Gasteiger partial charge in [-0.1, -0.05) is 33.6 Å². The maximum Gasteiger partial charge on any atom is 0.00698 e. The molecule has 0 saturated heterocycles. The van der Waals surface area contributed by atoms with Gasteiger partial charge in [0.15, 0.2) is 0 Å². The molecule has 1 saturated carbocycles. The lowest BCUT2D eigenvalue weighted by Crippen LogP contribution is -2.15. The van der Waals surface area contributed by atoms with Crippen LogP contribution in [0.4, 0.5) is 0 Å². The van der Waals surface area contributed by atoms with E-state index in [0.29, 0.717) is 0 Å². The van der Waals surface area contributed by atoms with Crippen LogP contribution in [0.25, 0.3) is 0 Å². The Morgan fingerprint density at radius 3 is 2.23 bits per heavy atom. The quantitative estimate of drug-likeness (QED) is 0.619. The molecule has 0 nitrogen and oxygen atoms in total. The van der Waals surface area contributed by atoms with E-state index in [0.717, 1.165) is 23.0 Å². The molecule has 1 heteroatoms. The van der Waals surface area contributed by atoms with Crippen molar-refractivity contribution in [3.05, 3.63) is 0 Å². The van der Waals surface area contributed by atoms with Gasteiger partial charge in [-0.05, 0) is 36.9 Å². The average molecular weight is 200 g/mol. The molecule has 13 heavy (non-hydrogen) atoms. The van der Waals surface area contributed by atoms with E-state index in [9.17, 15) is 0 Å². The van der Waals surface area contributed by atoms with Crippen LogP contribution in [0.15, 0.2) is 0 Å². The second kappa shape index (κ2) is 5.29. The first-order valence-corrected chi connectivity index (χ1v) is 6.95. The van der Waals surface area contributed by atoms with Gasteiger partial charge in [0.25, 0.3) is 0 Å². The molecule has 1 rings (SSSR count). The Kier molecular flexibility index (Phi) is 4.64. The normalized spacial score (nSPS) is 21.9. The van der Waals surface area contributed by atoms with E-state index in [1.807, 2.05) is 0 Å². The number of thioether (sulfide) groups is 1. The molecule has 2 atom stereocenters. The Morgan fingerprint density at radius 2 is 1.85 bits per heavy atom. The highest BCUT2D eigenvalue weighted by molar-refractivity contribution is 7.99. The molecule has 1 aliphatic rings. The highest BCUT2D eigenvalue weighted by Crippen LogP contribution is 2.37. The highest BCUT2D eigenvalue weighted by Gasteiger charge is 2.25. The van der Waals surface area contributed by atoms with Crippen LogP contribution >= 0.6 is 11.8 Å². The first-order chi connectivity index (χ1) is 6.13. The smallest absolute Gasteiger partial charge is 0.00698 e. The van der Waals surface area contributed by atoms with E-state index in [1.54, 1.807) is 0 Å². The number of hydrogen-bond acceptors (Lipinski definition) is 1. The molecule has 1 fully saturated rings. The van der Waals surface area contributed by atoms with Gasteiger partial charge in [0.2, 0.25) is 0 Å². The van der Waals surface area contributed by atoms with Crippen LogP contribution in [-0.4, -0.2) is 11.5 Å². The van der Waals surface area contributed by atoms with Crippen LogP contribution in [0.2, 0.25) is 0 Å². The SMILES string of the molecule is CSC(CC(C)CC1CC1)C(C)C. The zero-order chi connectivity index (χ0) is 9.84. The van der Waals surface area contributed by atoms with Gasteiger partial charge in [-0.3, -0.25) is 0 Å². The predicted molar refractivity (Wildman–Crippen MR) is 63.3 cm³/mol. The number of hydrogen-bond donors (Lipinski definition) is 0. The molecular formula is C12H24S. The highest BCUT2D eigenvalue weighted by atomic mass is 32.2. The van der Waals surface area contributed by atoms with Crippen molar-refractivity contribution >= 4 is 11.8 Å². The van der Waals surface area contributed by atoms with E-state index in [4.69, 9.17) is 0 Å². The molecule has 0 amide bonds. The standard InChI is InChI=1S/C12H24S/c1-9(2)12(13-4)8-10(3)7-11-5-6-11/h9-12H,5-8H2,1-4H3. The summed E-state index contributed by atoms with van der Waals surface area (Å²) < 4.78 is 0. The maximum atomic E-state index is 2.43. The van der Waals surface area contributed by atoms with E-state index >= 15 is 0 Å². The van der Waals surface area contributed by atoms with Crippen molar-refractivity contribution in [2.24, 2.45) is 17.8 Å². The lowest BCUT2D eigenvalue weighted by molar-refractivity contribution is 0.420. The summed E-state index contributed by atoms with van der Waals surface area (Å²) in [6.45, 7) is 7.14. The third-order valence-electron chi connectivity index (χ3n) is 3.11. The summed E-state index contributed by atoms with van der Waals surface area (Å²) >= 11 is 2.05. The van der Waals surface area contributed by atoms with Gasteiger partial charge in [0, 0.05) is 5.25 Å². The second-order valence-electron chi connectivity index (χ2n) is 5.04. The minimum absolute atomic E-state index is 0.844. The van der Waals surface area contributed by atoms with Crippen molar-refractivity contribution in [2.45, 2.75) is 51.7 Å². The first kappa shape index (κ1) is 11.4. The van der Waals surface area contributed by atoms with Crippen molar-refractivity contribution < 1.29 is 0 Å². The molecule has 2 unspecified atom stereocenters. The van der Waals surface area contributed by atoms with Gasteiger partial charge < -0.3 is 0 Å². The average Bonchev–Trinajstić information content (AvgIpc) is 2.83. The summed E-state index contributed by atoms with van der Waals surface area (Å²) in [5.41, 5.74) is 0. The summed E-state index contributed by atoms with van der Waals surface area (Å²) in [5.74, 6) is 2.90. The molecule has 0 heterocycles. The summed E-state index contributed by atoms with van der Waals surface area (Å²) in [7, 11) is 0. The largest absolute Gasteiger partial charge is 0.162 e. The molecule has 0 radical (unpaired) electrons. The third kappa shape index (κ3) is 4.39. The molecule has 0 bridgehead atoms. The Labute approximate surface area is 87.9 Å². The summed E-state index contributed by atoms with van der Waals surface area (Å²) in [6, 6.07) is 0. The van der Waals surface area contributed by atoms with E-state index in [2.05, 4.69) is 38.8 Å². The van der Waals surface area contributed by atoms with Crippen LogP contribution in [0.5, 0.6) is 0 Å². The molecule has 78 valence electrons. The minimum atomic E-state index is 0.844. The van der Waals surface area contributed by atoms with Gasteiger partial charge in [-0.2, -0.15) is 11.8 Å². The lowest BCUT2D eigenvalue weighted by Gasteiger charge is -2.22. The van der Waals surface area contributed by atoms with Crippen LogP contribution in [0.1, 0.15) is 46.5 Å². The molecule has 0 aromatic carbocycles. The second-order valence-corrected chi connectivity index (χ2v) is 6.12. The molecule has 1 aliphatic carbocycles. The van der Waals surface area contributed by atoms with Crippen molar-refractivity contribution in [1.29, 1.82) is 0 Å². The summed E-state index contributed by atoms with van der Waals surface area (Å²) in [4.78, 5) is 0. The van der Waals surface area contributed by atoms with Gasteiger partial charge >= 0.3 is 0 Å². The Hall–Kier alpha value is 0.350. The first-order valence-electron chi connectivity index (χ1n) is 5.66. The van der Waals surface area contributed by atoms with Gasteiger partial charge in [-0.15, -0.1) is 0 Å². The Morgan fingerprint density at radius 1 is 1.23 bits per heavy atom. The molecular weight excluding hydrogens is 176 g/mol. The van der Waals surface area contributed by atoms with Gasteiger partial charge in [0.1, 0.15) is 0 Å². The van der Waals surface area contributed by atoms with Crippen molar-refractivity contribution in [3.8, 4) is 0 Å². The zero-order valence-corrected chi connectivity index (χ0v) is 10.4. The lowest BCUT2D eigenvalue weighted by atomic mass is 9.94. The molecule has 0 aromatic heterocycles. The maximum absolute atomic E-state index is 2.43. The fourth-order valence-corrected chi connectivity index (χ4v) is 3.12. The number of rotatable bonds is 6. The van der Waals surface area contributed by atoms with Crippen molar-refractivity contribution in [3.63, 3.8) is 0 Å². The van der Waals surface area contributed by atoms with Crippen LogP contribution < -0.4 is 0 Å². The molecule has 0 aromatic rings. The van der Waals surface area contributed by atoms with Crippen LogP contribution in [0, 0.1) is 17.8 Å². The molecule has 0 N–H and O–H groups in total. The van der Waals surface area contributed by atoms with Gasteiger partial charge in [-0.25, -0.2) is 0 Å². The predicted octanol–water partition coefficient (Wildman–Crippen LogP) is 4.20. The van der Waals surface area contributed by atoms with E-state index in [-0.39, 0.29) is 0 Å². The fourth-order valence-electron chi connectivity index (χ4n) is 2.06. The summed E-state index contributed by atoms with van der Waals surface area (Å²) in [6.07, 6.45) is 8.19. The Balaban J connectivity index is 2.18. The van der Waals surface area contributed by atoms with Gasteiger partial charge in [0.05, 0.1) is 0 Å². The monoisotopic (exact) mass is 200 g/mol. The van der Waals surface area contributed by atoms with Crippen LogP contribution in [-0.2, 0) is 0 Å². The van der Waals surface area contributed by atoms with Crippen molar-refractivity contribution in [1.82, 2.24) is 0 Å². The zero-order valence-electron chi connectivity index (χ0n) is 9.55. The minimum Gasteiger partial charge on any atom is -0.162 e. The van der Waals surface area contributed by atoms with Crippen LogP contribution in [0.3, 0.4) is 0 Å². The summed E-state index contributed by atoms with van der Waals surface area (Å²) in [5, 5.41) is 0.883. The topological polar surface area (TPSA) is 0 Å². The van der Waals surface area contributed by atoms with Crippen molar-refractivity contribution in [2.75, 3.05) is 6.26 Å². The third-order valence-corrected chi connectivity index (χ3v) is 4.46. The van der Waals surface area contributed by atoms with E-state index < -0.39 is 0 Å².